The van der Waals surface area contributed by atoms with Crippen LogP contribution in [0.3, 0.4) is 0 Å². The monoisotopic (exact) mass is 336 g/mol. The predicted molar refractivity (Wildman–Crippen MR) is 99.8 cm³/mol. The third kappa shape index (κ3) is 2.64. The van der Waals surface area contributed by atoms with E-state index < -0.39 is 0 Å². The number of fused-ring (bicyclic) bond motifs is 4. The molecule has 5 rings (SSSR count). The Labute approximate surface area is 150 Å². The van der Waals surface area contributed by atoms with E-state index in [1.807, 2.05) is 0 Å². The molecule has 2 aliphatic carbocycles. The maximum atomic E-state index is 12.6. The standard InChI is InChI=1S/C22H28N2O/c25-22-18-9-3-2-8-16(18)20-13-19-15(14-24-11-4-1-5-12-24)7-6-10-17(19)21(20)23-22/h6-7,10,16,18H,1-5,8-9,11-14H2,(H,23,25). The Morgan fingerprint density at radius 2 is 1.80 bits per heavy atom. The van der Waals surface area contributed by atoms with Crippen molar-refractivity contribution in [3.63, 3.8) is 0 Å². The van der Waals surface area contributed by atoms with Crippen molar-refractivity contribution >= 4 is 11.6 Å². The topological polar surface area (TPSA) is 32.3 Å². The van der Waals surface area contributed by atoms with Crippen molar-refractivity contribution in [2.24, 2.45) is 11.8 Å². The molecule has 25 heavy (non-hydrogen) atoms. The SMILES string of the molecule is O=C1NC2=C(Cc3c(CN4CCCCC4)cccc32)C2CCCCC12. The van der Waals surface area contributed by atoms with Crippen LogP contribution in [0.4, 0.5) is 0 Å². The smallest absolute Gasteiger partial charge is 0.228 e. The molecule has 132 valence electrons. The molecule has 2 aliphatic heterocycles. The lowest BCUT2D eigenvalue weighted by atomic mass is 9.72. The highest BCUT2D eigenvalue weighted by molar-refractivity contribution is 5.95. The molecule has 0 radical (unpaired) electrons. The summed E-state index contributed by atoms with van der Waals surface area (Å²) in [6, 6.07) is 6.72. The molecule has 4 aliphatic rings. The van der Waals surface area contributed by atoms with Crippen LogP contribution in [-0.4, -0.2) is 23.9 Å². The van der Waals surface area contributed by atoms with Crippen molar-refractivity contribution in [3.8, 4) is 0 Å². The minimum Gasteiger partial charge on any atom is -0.325 e. The fraction of sp³-hybridized carbons (Fsp3) is 0.591. The van der Waals surface area contributed by atoms with Gasteiger partial charge in [-0.2, -0.15) is 0 Å². The highest BCUT2D eigenvalue weighted by Crippen LogP contribution is 2.47. The Morgan fingerprint density at radius 1 is 1.00 bits per heavy atom. The van der Waals surface area contributed by atoms with Gasteiger partial charge in [-0.25, -0.2) is 0 Å². The summed E-state index contributed by atoms with van der Waals surface area (Å²) in [5, 5.41) is 3.29. The molecule has 2 atom stereocenters. The molecular formula is C22H28N2O. The lowest BCUT2D eigenvalue weighted by molar-refractivity contribution is -0.126. The number of piperidine rings is 1. The largest absolute Gasteiger partial charge is 0.325 e. The lowest BCUT2D eigenvalue weighted by Gasteiger charge is -2.36. The van der Waals surface area contributed by atoms with Crippen LogP contribution in [0.15, 0.2) is 23.8 Å². The van der Waals surface area contributed by atoms with E-state index in [1.165, 1.54) is 79.6 Å². The van der Waals surface area contributed by atoms with Crippen LogP contribution >= 0.6 is 0 Å². The van der Waals surface area contributed by atoms with E-state index >= 15 is 0 Å². The minimum atomic E-state index is 0.229. The van der Waals surface area contributed by atoms with Crippen LogP contribution in [0, 0.1) is 11.8 Å². The van der Waals surface area contributed by atoms with Gasteiger partial charge in [0.2, 0.25) is 5.91 Å². The van der Waals surface area contributed by atoms with Gasteiger partial charge >= 0.3 is 0 Å². The number of benzene rings is 1. The molecule has 1 aromatic rings. The second-order valence-corrected chi connectivity index (χ2v) is 8.34. The summed E-state index contributed by atoms with van der Waals surface area (Å²) >= 11 is 0. The summed E-state index contributed by atoms with van der Waals surface area (Å²) in [4.78, 5) is 15.2. The zero-order chi connectivity index (χ0) is 16.8. The third-order valence-corrected chi connectivity index (χ3v) is 6.87. The van der Waals surface area contributed by atoms with E-state index in [1.54, 1.807) is 0 Å². The van der Waals surface area contributed by atoms with Crippen molar-refractivity contribution in [1.82, 2.24) is 10.2 Å². The molecule has 1 saturated heterocycles. The first-order valence-electron chi connectivity index (χ1n) is 10.2. The van der Waals surface area contributed by atoms with E-state index in [0.717, 1.165) is 19.4 Å². The zero-order valence-electron chi connectivity index (χ0n) is 15.0. The fourth-order valence-electron chi connectivity index (χ4n) is 5.58. The molecule has 2 fully saturated rings. The van der Waals surface area contributed by atoms with Crippen molar-refractivity contribution in [1.29, 1.82) is 0 Å². The van der Waals surface area contributed by atoms with Gasteiger partial charge in [0.25, 0.3) is 0 Å². The maximum Gasteiger partial charge on any atom is 0.228 e. The second kappa shape index (κ2) is 6.28. The molecule has 1 aromatic carbocycles. The second-order valence-electron chi connectivity index (χ2n) is 8.34. The number of rotatable bonds is 2. The van der Waals surface area contributed by atoms with Crippen molar-refractivity contribution in [3.05, 3.63) is 40.5 Å². The summed E-state index contributed by atoms with van der Waals surface area (Å²) in [7, 11) is 0. The van der Waals surface area contributed by atoms with Gasteiger partial charge in [0.15, 0.2) is 0 Å². The normalized spacial score (nSPS) is 29.0. The van der Waals surface area contributed by atoms with Crippen LogP contribution in [0.5, 0.6) is 0 Å². The minimum absolute atomic E-state index is 0.229. The van der Waals surface area contributed by atoms with Crippen molar-refractivity contribution in [2.75, 3.05) is 13.1 Å². The summed E-state index contributed by atoms with van der Waals surface area (Å²) < 4.78 is 0. The Morgan fingerprint density at radius 3 is 2.64 bits per heavy atom. The van der Waals surface area contributed by atoms with Crippen molar-refractivity contribution in [2.45, 2.75) is 57.9 Å². The van der Waals surface area contributed by atoms with Crippen LogP contribution in [0.25, 0.3) is 5.70 Å². The number of hydrogen-bond donors (Lipinski definition) is 1. The molecule has 1 amide bonds. The van der Waals surface area contributed by atoms with Gasteiger partial charge in [0, 0.05) is 23.7 Å². The number of carbonyl (C=O) groups is 1. The zero-order valence-corrected chi connectivity index (χ0v) is 15.0. The van der Waals surface area contributed by atoms with E-state index in [-0.39, 0.29) is 11.8 Å². The quantitative estimate of drug-likeness (QED) is 0.889. The van der Waals surface area contributed by atoms with Gasteiger partial charge in [-0.1, -0.05) is 37.5 Å². The van der Waals surface area contributed by atoms with Gasteiger partial charge in [-0.3, -0.25) is 9.69 Å². The van der Waals surface area contributed by atoms with Crippen LogP contribution < -0.4 is 5.32 Å². The van der Waals surface area contributed by atoms with Crippen molar-refractivity contribution < 1.29 is 4.79 Å². The number of amides is 1. The van der Waals surface area contributed by atoms with Gasteiger partial charge in [0.1, 0.15) is 0 Å². The van der Waals surface area contributed by atoms with E-state index in [0.29, 0.717) is 5.92 Å². The molecule has 0 spiro atoms. The Balaban J connectivity index is 1.46. The molecule has 1 N–H and O–H groups in total. The molecular weight excluding hydrogens is 308 g/mol. The van der Waals surface area contributed by atoms with Gasteiger partial charge in [0.05, 0.1) is 0 Å². The number of hydrogen-bond acceptors (Lipinski definition) is 2. The lowest BCUT2D eigenvalue weighted by Crippen LogP contribution is -2.41. The highest BCUT2D eigenvalue weighted by Gasteiger charge is 2.42. The summed E-state index contributed by atoms with van der Waals surface area (Å²) in [5.74, 6) is 0.998. The first-order chi connectivity index (χ1) is 12.3. The van der Waals surface area contributed by atoms with Crippen LogP contribution in [0.1, 0.15) is 61.6 Å². The molecule has 2 unspecified atom stereocenters. The fourth-order valence-corrected chi connectivity index (χ4v) is 5.58. The van der Waals surface area contributed by atoms with E-state index in [4.69, 9.17) is 0 Å². The predicted octanol–water partition coefficient (Wildman–Crippen LogP) is 3.88. The average Bonchev–Trinajstić information content (AvgIpc) is 3.03. The molecule has 0 bridgehead atoms. The number of likely N-dealkylation sites (tertiary alicyclic amines) is 1. The number of nitrogens with zero attached hydrogens (tertiary/aromatic N) is 1. The Bertz CT molecular complexity index is 730. The summed E-state index contributed by atoms with van der Waals surface area (Å²) in [6.07, 6.45) is 9.89. The van der Waals surface area contributed by atoms with Gasteiger partial charge < -0.3 is 5.32 Å². The number of nitrogens with one attached hydrogen (secondary N) is 1. The summed E-state index contributed by atoms with van der Waals surface area (Å²) in [6.45, 7) is 3.54. The Hall–Kier alpha value is -1.61. The van der Waals surface area contributed by atoms with Gasteiger partial charge in [-0.15, -0.1) is 0 Å². The van der Waals surface area contributed by atoms with E-state index in [2.05, 4.69) is 28.4 Å². The van der Waals surface area contributed by atoms with E-state index in [9.17, 15) is 4.79 Å². The third-order valence-electron chi connectivity index (χ3n) is 6.87. The first kappa shape index (κ1) is 15.6. The molecule has 0 aromatic heterocycles. The molecule has 3 heteroatoms. The summed E-state index contributed by atoms with van der Waals surface area (Å²) in [5.41, 5.74) is 6.98. The number of allylic oxidation sites excluding steroid dienone is 1. The van der Waals surface area contributed by atoms with Crippen LogP contribution in [-0.2, 0) is 17.8 Å². The Kier molecular flexibility index (Phi) is 3.93. The molecule has 2 heterocycles. The van der Waals surface area contributed by atoms with Crippen LogP contribution in [0.2, 0.25) is 0 Å². The first-order valence-corrected chi connectivity index (χ1v) is 10.2. The highest BCUT2D eigenvalue weighted by atomic mass is 16.2. The molecule has 1 saturated carbocycles. The molecule has 3 nitrogen and oxygen atoms in total. The van der Waals surface area contributed by atoms with Gasteiger partial charge in [-0.05, 0) is 67.8 Å². The average molecular weight is 336 g/mol. The number of carbonyl (C=O) groups excluding carboxylic acids is 1. The maximum absolute atomic E-state index is 12.6.